The second-order valence-corrected chi connectivity index (χ2v) is 10.3. The number of nitrogens with zero attached hydrogens (tertiary/aromatic N) is 3. The average molecular weight is 508 g/mol. The zero-order valence-electron chi connectivity index (χ0n) is 22.1. The molecule has 4 heterocycles. The number of hydrogen-bond acceptors (Lipinski definition) is 5. The largest absolute Gasteiger partial charge is 0.492 e. The van der Waals surface area contributed by atoms with Gasteiger partial charge in [0.2, 0.25) is 0 Å². The molecule has 38 heavy (non-hydrogen) atoms. The number of aryl methyl sites for hydroxylation is 1. The molecule has 1 saturated heterocycles. The lowest BCUT2D eigenvalue weighted by Gasteiger charge is -2.39. The van der Waals surface area contributed by atoms with Gasteiger partial charge in [-0.2, -0.15) is 0 Å². The van der Waals surface area contributed by atoms with Gasteiger partial charge in [0.1, 0.15) is 17.9 Å². The number of aromatic amines is 1. The molecule has 2 atom stereocenters. The van der Waals surface area contributed by atoms with Crippen LogP contribution in [0.2, 0.25) is 0 Å². The summed E-state index contributed by atoms with van der Waals surface area (Å²) in [6.07, 6.45) is 3.71. The molecule has 0 spiro atoms. The number of benzene rings is 2. The van der Waals surface area contributed by atoms with E-state index in [2.05, 4.69) is 65.4 Å². The van der Waals surface area contributed by atoms with E-state index in [9.17, 15) is 4.79 Å². The first-order valence-corrected chi connectivity index (χ1v) is 13.3. The first kappa shape index (κ1) is 24.4. The van der Waals surface area contributed by atoms with Crippen LogP contribution in [0, 0.1) is 0 Å². The summed E-state index contributed by atoms with van der Waals surface area (Å²) in [5, 5.41) is 5.46. The van der Waals surface area contributed by atoms with Crippen LogP contribution in [0.15, 0.2) is 77.9 Å². The van der Waals surface area contributed by atoms with Crippen molar-refractivity contribution in [3.8, 4) is 28.1 Å². The van der Waals surface area contributed by atoms with Crippen molar-refractivity contribution in [2.24, 2.45) is 7.05 Å². The lowest BCUT2D eigenvalue weighted by molar-refractivity contribution is 0.0966. The fraction of sp³-hybridized carbons (Fsp3) is 0.290. The van der Waals surface area contributed by atoms with Crippen LogP contribution in [0.5, 0.6) is 5.75 Å². The van der Waals surface area contributed by atoms with Crippen molar-refractivity contribution in [3.63, 3.8) is 0 Å². The van der Waals surface area contributed by atoms with E-state index in [0.29, 0.717) is 24.2 Å². The van der Waals surface area contributed by atoms with Gasteiger partial charge in [0.15, 0.2) is 0 Å². The molecule has 2 aromatic carbocycles. The molecule has 2 N–H and O–H groups in total. The van der Waals surface area contributed by atoms with E-state index in [0.717, 1.165) is 64.1 Å². The maximum Gasteiger partial charge on any atom is 0.274 e. The lowest BCUT2D eigenvalue weighted by Crippen LogP contribution is -2.55. The number of fused-ring (bicyclic) bond motifs is 2. The van der Waals surface area contributed by atoms with Crippen molar-refractivity contribution in [3.05, 3.63) is 83.4 Å². The first-order chi connectivity index (χ1) is 18.5. The molecule has 7 nitrogen and oxygen atoms in total. The van der Waals surface area contributed by atoms with Gasteiger partial charge in [-0.3, -0.25) is 9.69 Å². The Labute approximate surface area is 222 Å². The van der Waals surface area contributed by atoms with Gasteiger partial charge < -0.3 is 19.6 Å². The van der Waals surface area contributed by atoms with Gasteiger partial charge in [-0.25, -0.2) is 4.98 Å². The SMILES string of the molecule is CC1CNCC(C)N1CCOc1ccc(-c2ccc3cc(-c4cn(C)c(=O)c5[nH]ccc45)ccc3n2)cc1. The Kier molecular flexibility index (Phi) is 6.47. The summed E-state index contributed by atoms with van der Waals surface area (Å²) in [4.78, 5) is 22.9. The van der Waals surface area contributed by atoms with Crippen LogP contribution in [-0.2, 0) is 7.05 Å². The zero-order chi connectivity index (χ0) is 26.2. The van der Waals surface area contributed by atoms with E-state index < -0.39 is 0 Å². The van der Waals surface area contributed by atoms with Gasteiger partial charge >= 0.3 is 0 Å². The van der Waals surface area contributed by atoms with Crippen LogP contribution in [0.4, 0.5) is 0 Å². The van der Waals surface area contributed by atoms with Crippen molar-refractivity contribution < 1.29 is 4.74 Å². The lowest BCUT2D eigenvalue weighted by atomic mass is 10.0. The van der Waals surface area contributed by atoms with Crippen molar-refractivity contribution in [2.45, 2.75) is 25.9 Å². The number of piperazine rings is 1. The van der Waals surface area contributed by atoms with E-state index >= 15 is 0 Å². The minimum Gasteiger partial charge on any atom is -0.492 e. The summed E-state index contributed by atoms with van der Waals surface area (Å²) in [5.41, 5.74) is 5.58. The second kappa shape index (κ2) is 10.1. The smallest absolute Gasteiger partial charge is 0.274 e. The molecule has 194 valence electrons. The number of ether oxygens (including phenoxy) is 1. The third-order valence-electron chi connectivity index (χ3n) is 7.67. The van der Waals surface area contributed by atoms with Crippen LogP contribution in [-0.4, -0.2) is 57.8 Å². The molecule has 0 saturated carbocycles. The fourth-order valence-electron chi connectivity index (χ4n) is 5.55. The molecule has 7 heteroatoms. The highest BCUT2D eigenvalue weighted by Crippen LogP contribution is 2.30. The molecule has 1 aliphatic heterocycles. The van der Waals surface area contributed by atoms with Gasteiger partial charge in [-0.1, -0.05) is 12.1 Å². The molecule has 5 aromatic rings. The summed E-state index contributed by atoms with van der Waals surface area (Å²) in [7, 11) is 1.78. The summed E-state index contributed by atoms with van der Waals surface area (Å²) in [6.45, 7) is 8.19. The van der Waals surface area contributed by atoms with E-state index in [1.54, 1.807) is 11.6 Å². The van der Waals surface area contributed by atoms with Crippen LogP contribution < -0.4 is 15.6 Å². The van der Waals surface area contributed by atoms with Crippen molar-refractivity contribution in [2.75, 3.05) is 26.2 Å². The molecule has 0 amide bonds. The van der Waals surface area contributed by atoms with Gasteiger partial charge in [0, 0.05) is 73.1 Å². The Bertz CT molecular complexity index is 1640. The minimum absolute atomic E-state index is 0.0268. The molecule has 0 bridgehead atoms. The number of hydrogen-bond donors (Lipinski definition) is 2. The summed E-state index contributed by atoms with van der Waals surface area (Å²) < 4.78 is 7.68. The van der Waals surface area contributed by atoms with Gasteiger partial charge in [0.05, 0.1) is 11.2 Å². The van der Waals surface area contributed by atoms with Crippen LogP contribution in [0.3, 0.4) is 0 Å². The van der Waals surface area contributed by atoms with Gasteiger partial charge in [0.25, 0.3) is 5.56 Å². The number of pyridine rings is 2. The van der Waals surface area contributed by atoms with Crippen molar-refractivity contribution in [1.29, 1.82) is 0 Å². The topological polar surface area (TPSA) is 75.2 Å². The predicted molar refractivity (Wildman–Crippen MR) is 154 cm³/mol. The Morgan fingerprint density at radius 1 is 0.974 bits per heavy atom. The first-order valence-electron chi connectivity index (χ1n) is 13.3. The number of H-pyrrole nitrogens is 1. The van der Waals surface area contributed by atoms with E-state index in [1.165, 1.54) is 0 Å². The number of aromatic nitrogens is 3. The fourth-order valence-corrected chi connectivity index (χ4v) is 5.55. The minimum atomic E-state index is -0.0268. The molecule has 2 unspecified atom stereocenters. The van der Waals surface area contributed by atoms with Crippen molar-refractivity contribution in [1.82, 2.24) is 24.8 Å². The molecular weight excluding hydrogens is 474 g/mol. The maximum atomic E-state index is 12.4. The molecule has 1 fully saturated rings. The monoisotopic (exact) mass is 507 g/mol. The average Bonchev–Trinajstić information content (AvgIpc) is 3.43. The number of rotatable bonds is 6. The molecule has 0 aliphatic carbocycles. The standard InChI is InChI=1S/C31H33N5O2/c1-20-17-32-18-21(2)36(20)14-15-38-25-8-4-22(5-9-25)28-11-7-24-16-23(6-10-29(24)34-28)27-19-35(3)31(37)30-26(27)12-13-33-30/h4-13,16,19-21,32-33H,14-15,17-18H2,1-3H3. The van der Waals surface area contributed by atoms with Crippen LogP contribution in [0.1, 0.15) is 13.8 Å². The Balaban J connectivity index is 1.18. The Hall–Kier alpha value is -3.94. The molecule has 0 radical (unpaired) electrons. The van der Waals surface area contributed by atoms with Crippen molar-refractivity contribution >= 4 is 21.8 Å². The zero-order valence-corrected chi connectivity index (χ0v) is 22.1. The third-order valence-corrected chi connectivity index (χ3v) is 7.67. The number of nitrogens with one attached hydrogen (secondary N) is 2. The maximum absolute atomic E-state index is 12.4. The summed E-state index contributed by atoms with van der Waals surface area (Å²) >= 11 is 0. The highest BCUT2D eigenvalue weighted by Gasteiger charge is 2.23. The highest BCUT2D eigenvalue weighted by atomic mass is 16.5. The van der Waals surface area contributed by atoms with Crippen LogP contribution in [0.25, 0.3) is 44.2 Å². The highest BCUT2D eigenvalue weighted by molar-refractivity contribution is 5.97. The molecule has 3 aromatic heterocycles. The Morgan fingerprint density at radius 3 is 2.53 bits per heavy atom. The predicted octanol–water partition coefficient (Wildman–Crippen LogP) is 4.81. The van der Waals surface area contributed by atoms with E-state index in [4.69, 9.17) is 9.72 Å². The quantitative estimate of drug-likeness (QED) is 0.345. The summed E-state index contributed by atoms with van der Waals surface area (Å²) in [6, 6.07) is 21.6. The van der Waals surface area contributed by atoms with Gasteiger partial charge in [-0.15, -0.1) is 0 Å². The summed E-state index contributed by atoms with van der Waals surface area (Å²) in [5.74, 6) is 0.878. The van der Waals surface area contributed by atoms with Gasteiger partial charge in [-0.05, 0) is 67.9 Å². The second-order valence-electron chi connectivity index (χ2n) is 10.3. The molecule has 6 rings (SSSR count). The molecule has 1 aliphatic rings. The molecular formula is C31H33N5O2. The van der Waals surface area contributed by atoms with E-state index in [-0.39, 0.29) is 5.56 Å². The van der Waals surface area contributed by atoms with E-state index in [1.807, 2.05) is 36.7 Å². The Morgan fingerprint density at radius 2 is 1.74 bits per heavy atom. The normalized spacial score (nSPS) is 18.3. The van der Waals surface area contributed by atoms with Crippen LogP contribution >= 0.6 is 0 Å². The third kappa shape index (κ3) is 4.59.